The van der Waals surface area contributed by atoms with Crippen LogP contribution in [0, 0.1) is 0 Å². The largest absolute Gasteiger partial charge is 0.507 e. The smallest absolute Gasteiger partial charge is 0.341 e. The van der Waals surface area contributed by atoms with E-state index in [0.717, 1.165) is 13.2 Å². The van der Waals surface area contributed by atoms with Crippen molar-refractivity contribution in [3.63, 3.8) is 0 Å². The maximum absolute atomic E-state index is 12.0. The van der Waals surface area contributed by atoms with Crippen LogP contribution in [0.15, 0.2) is 146 Å². The summed E-state index contributed by atoms with van der Waals surface area (Å²) < 4.78 is 33.3. The van der Waals surface area contributed by atoms with Gasteiger partial charge in [0, 0.05) is 27.1 Å². The molecule has 0 spiro atoms. The van der Waals surface area contributed by atoms with Crippen molar-refractivity contribution in [2.24, 2.45) is 0 Å². The average molecular weight is 1410 g/mol. The van der Waals surface area contributed by atoms with Gasteiger partial charge in [0.05, 0.1) is 19.1 Å². The monoisotopic (exact) mass is 1410 g/mol. The van der Waals surface area contributed by atoms with Crippen LogP contribution in [0.3, 0.4) is 0 Å². The van der Waals surface area contributed by atoms with Crippen LogP contribution in [0.4, 0.5) is 0 Å². The number of carbonyl (C=O) groups is 16. The number of phenols is 2. The Kier molecular flexibility index (Phi) is 43.4. The van der Waals surface area contributed by atoms with Gasteiger partial charge in [-0.25, -0.2) is 24.0 Å². The molecule has 1 heterocycles. The highest BCUT2D eigenvalue weighted by Crippen LogP contribution is 2.23. The second-order valence-corrected chi connectivity index (χ2v) is 18.6. The van der Waals surface area contributed by atoms with Crippen molar-refractivity contribution in [2.45, 2.75) is 59.3 Å². The van der Waals surface area contributed by atoms with Gasteiger partial charge in [0.25, 0.3) is 0 Å². The Bertz CT molecular complexity index is 3530. The fourth-order valence-corrected chi connectivity index (χ4v) is 6.59. The van der Waals surface area contributed by atoms with Crippen molar-refractivity contribution in [3.8, 4) is 34.5 Å². The number of hydrogen-bond donors (Lipinski definition) is 8. The van der Waals surface area contributed by atoms with Gasteiger partial charge in [-0.2, -0.15) is 0 Å². The number of carboxylic acids is 6. The first-order valence-electron chi connectivity index (χ1n) is 27.0. The minimum atomic E-state index is -1.31. The summed E-state index contributed by atoms with van der Waals surface area (Å²) in [6.45, 7) is 5.70. The highest BCUT2D eigenvalue weighted by Gasteiger charge is 2.22. The molecule has 1 saturated heterocycles. The Labute approximate surface area is 564 Å². The van der Waals surface area contributed by atoms with Crippen LogP contribution in [-0.4, -0.2) is 161 Å². The molecular formula is C64H62Cl2O32. The number of ketones is 1. The third-order valence-corrected chi connectivity index (χ3v) is 10.5. The lowest BCUT2D eigenvalue weighted by atomic mass is 10.1. The lowest BCUT2D eigenvalue weighted by Gasteiger charge is -2.09. The quantitative estimate of drug-likeness (QED) is 0.0138. The van der Waals surface area contributed by atoms with E-state index in [0.29, 0.717) is 0 Å². The van der Waals surface area contributed by atoms with Crippen molar-refractivity contribution in [2.75, 3.05) is 20.3 Å². The SMILES string of the molecule is C1CCOC1.CC(=O)OC(C)=O.COC(=O)c1ccccc1OC(=O)CC(=O)Oc1ccccc1C(C)=O.O.O=C(CC(=O)Oc1ccccc1C(=O)O)Oc1ccccc1C(=O)O.O=C(Cl)CC(=O)Cl.O=C(O)CC(=O)O.O=C(O)c1ccccc1O.O=C(O)c1ccccc1O. The van der Waals surface area contributed by atoms with E-state index < -0.39 is 107 Å². The number of carbonyl (C=O) groups excluding carboxylic acids is 10. The number of aromatic hydroxyl groups is 2. The molecule has 7 rings (SSSR count). The highest BCUT2D eigenvalue weighted by atomic mass is 35.5. The number of rotatable bonds is 18. The molecule has 34 heteroatoms. The molecule has 0 unspecified atom stereocenters. The molecule has 0 aromatic heterocycles. The number of para-hydroxylation sites is 6. The Morgan fingerprint density at radius 3 is 0.847 bits per heavy atom. The molecule has 524 valence electrons. The Balaban J connectivity index is 0. The number of carboxylic acid groups (broad SMARTS) is 6. The van der Waals surface area contributed by atoms with E-state index in [1.54, 1.807) is 48.5 Å². The first-order chi connectivity index (χ1) is 45.6. The summed E-state index contributed by atoms with van der Waals surface area (Å²) in [5, 5.41) is 66.6. The van der Waals surface area contributed by atoms with Crippen LogP contribution in [0.1, 0.15) is 121 Å². The molecule has 0 aliphatic carbocycles. The molecule has 10 N–H and O–H groups in total. The van der Waals surface area contributed by atoms with Crippen molar-refractivity contribution in [1.82, 2.24) is 0 Å². The zero-order chi connectivity index (χ0) is 73.7. The number of benzene rings is 6. The highest BCUT2D eigenvalue weighted by molar-refractivity contribution is 6.72. The molecule has 0 bridgehead atoms. The van der Waals surface area contributed by atoms with E-state index in [4.69, 9.17) is 87.7 Å². The number of hydrogen-bond acceptors (Lipinski definition) is 25. The van der Waals surface area contributed by atoms with Crippen molar-refractivity contribution in [3.05, 3.63) is 179 Å². The molecule has 6 aromatic rings. The average Bonchev–Trinajstić information content (AvgIpc) is 0.896. The van der Waals surface area contributed by atoms with Crippen LogP contribution in [0.2, 0.25) is 0 Å². The van der Waals surface area contributed by atoms with E-state index in [-0.39, 0.29) is 85.6 Å². The fourth-order valence-electron chi connectivity index (χ4n) is 6.28. The number of ether oxygens (including phenoxy) is 7. The van der Waals surface area contributed by atoms with Gasteiger partial charge < -0.3 is 79.5 Å². The molecule has 0 saturated carbocycles. The third kappa shape index (κ3) is 39.3. The van der Waals surface area contributed by atoms with E-state index in [9.17, 15) is 76.7 Å². The number of halogens is 2. The van der Waals surface area contributed by atoms with Crippen molar-refractivity contribution in [1.29, 1.82) is 0 Å². The summed E-state index contributed by atoms with van der Waals surface area (Å²) in [6.07, 6.45) is -0.146. The molecule has 32 nitrogen and oxygen atoms in total. The van der Waals surface area contributed by atoms with Crippen LogP contribution in [0.25, 0.3) is 0 Å². The fraction of sp³-hybridized carbons (Fsp3) is 0.188. The van der Waals surface area contributed by atoms with E-state index in [1.165, 1.54) is 138 Å². The first-order valence-corrected chi connectivity index (χ1v) is 27.7. The van der Waals surface area contributed by atoms with Gasteiger partial charge in [0.15, 0.2) is 5.78 Å². The Morgan fingerprint density at radius 1 is 0.378 bits per heavy atom. The van der Waals surface area contributed by atoms with Crippen LogP contribution >= 0.6 is 23.2 Å². The second-order valence-electron chi connectivity index (χ2n) is 17.8. The van der Waals surface area contributed by atoms with Gasteiger partial charge in [0.1, 0.15) is 81.6 Å². The molecule has 1 fully saturated rings. The Hall–Kier alpha value is -12.3. The number of aliphatic carboxylic acids is 2. The summed E-state index contributed by atoms with van der Waals surface area (Å²) in [4.78, 5) is 171. The van der Waals surface area contributed by atoms with Crippen molar-refractivity contribution >= 4 is 117 Å². The molecule has 1 aliphatic heterocycles. The molecule has 6 aromatic carbocycles. The molecule has 0 radical (unpaired) electrons. The van der Waals surface area contributed by atoms with Gasteiger partial charge in [-0.15, -0.1) is 0 Å². The zero-order valence-electron chi connectivity index (χ0n) is 51.7. The summed E-state index contributed by atoms with van der Waals surface area (Å²) in [7, 11) is 1.20. The van der Waals surface area contributed by atoms with Crippen LogP contribution in [-0.2, 0) is 62.2 Å². The van der Waals surface area contributed by atoms with Gasteiger partial charge in [-0.05, 0) is 116 Å². The van der Waals surface area contributed by atoms with E-state index >= 15 is 0 Å². The van der Waals surface area contributed by atoms with Crippen molar-refractivity contribution < 1.29 is 156 Å². The molecule has 1 aliphatic rings. The lowest BCUT2D eigenvalue weighted by molar-refractivity contribution is -0.157. The minimum absolute atomic E-state index is 0. The topological polar surface area (TPSA) is 531 Å². The third-order valence-electron chi connectivity index (χ3n) is 10.2. The zero-order valence-corrected chi connectivity index (χ0v) is 53.2. The molecule has 98 heavy (non-hydrogen) atoms. The molecule has 0 atom stereocenters. The predicted octanol–water partition coefficient (Wildman–Crippen LogP) is 7.26. The number of methoxy groups -OCH3 is 1. The predicted molar refractivity (Wildman–Crippen MR) is 335 cm³/mol. The van der Waals surface area contributed by atoms with Crippen LogP contribution in [0.5, 0.6) is 34.5 Å². The molecular weight excluding hydrogens is 1350 g/mol. The van der Waals surface area contributed by atoms with E-state index in [2.05, 4.69) is 9.47 Å². The maximum atomic E-state index is 12.0. The number of esters is 7. The normalized spacial score (nSPS) is 9.98. The minimum Gasteiger partial charge on any atom is -0.507 e. The summed E-state index contributed by atoms with van der Waals surface area (Å²) in [5.41, 5.74) is -0.324. The number of Topliss-reactive ketones (excluding diaryl/α,β-unsaturated/α-hetero) is 1. The summed E-state index contributed by atoms with van der Waals surface area (Å²) in [6, 6.07) is 34.7. The number of aromatic carboxylic acids is 4. The van der Waals surface area contributed by atoms with E-state index in [1.807, 2.05) is 0 Å². The first kappa shape index (κ1) is 87.8. The summed E-state index contributed by atoms with van der Waals surface area (Å²) in [5.74, 6) is -14.2. The van der Waals surface area contributed by atoms with Crippen LogP contribution < -0.4 is 18.9 Å². The lowest BCUT2D eigenvalue weighted by Crippen LogP contribution is -2.19. The molecule has 0 amide bonds. The van der Waals surface area contributed by atoms with Gasteiger partial charge >= 0.3 is 77.6 Å². The summed E-state index contributed by atoms with van der Waals surface area (Å²) >= 11 is 9.46. The van der Waals surface area contributed by atoms with Gasteiger partial charge in [-0.3, -0.25) is 52.7 Å². The van der Waals surface area contributed by atoms with Gasteiger partial charge in [0.2, 0.25) is 10.5 Å². The second kappa shape index (κ2) is 48.5. The Morgan fingerprint density at radius 2 is 0.643 bits per heavy atom. The van der Waals surface area contributed by atoms with Gasteiger partial charge in [-0.1, -0.05) is 72.8 Å². The maximum Gasteiger partial charge on any atom is 0.341 e. The standard InChI is InChI=1S/C19H16O7.C17H12O8.2C7H6O3.C4H6O3.C4H8O.C3H2Cl2O2.C3H4O4.H2O/c1-12(20)13-7-3-5-9-15(13)25-17(21)11-18(22)26-16-10-6-4-8-14(16)19(23)24-2;18-14(24-12-7-3-1-5-10(12)16(20)21)9-15(19)25-13-8-4-2-6-11(13)17(22)23;2*8-6-4-2-1-3-5(6)7(9)10;1-3(5)7-4(2)6;1-2-4-5-3-1;4-2(6)1-3(5)7;4-2(5)1-3(6)7;/h3-10H,11H2,1-2H3;1-8H,9H2,(H,20,21)(H,22,23);2*1-4,8H,(H,9,10);1-2H3;1-4H2;1H2;1H2,(H,4,5)(H,6,7);1H2.